The van der Waals surface area contributed by atoms with E-state index >= 15 is 0 Å². The van der Waals surface area contributed by atoms with Gasteiger partial charge in [0, 0.05) is 29.4 Å². The number of halogens is 1. The van der Waals surface area contributed by atoms with E-state index in [1.54, 1.807) is 18.7 Å². The third-order valence-electron chi connectivity index (χ3n) is 4.70. The molecule has 7 heteroatoms. The van der Waals surface area contributed by atoms with Gasteiger partial charge >= 0.3 is 5.97 Å². The number of aromatic nitrogens is 3. The number of hydrogen-bond acceptors (Lipinski definition) is 3. The van der Waals surface area contributed by atoms with Gasteiger partial charge in [-0.2, -0.15) is 5.10 Å². The van der Waals surface area contributed by atoms with Crippen molar-refractivity contribution in [1.29, 1.82) is 0 Å². The van der Waals surface area contributed by atoms with Crippen LogP contribution in [0.5, 0.6) is 0 Å². The van der Waals surface area contributed by atoms with E-state index in [2.05, 4.69) is 5.10 Å². The molecule has 130 valence electrons. The highest BCUT2D eigenvalue weighted by Crippen LogP contribution is 2.23. The molecule has 3 rings (SSSR count). The number of benzene rings is 1. The summed E-state index contributed by atoms with van der Waals surface area (Å²) in [5, 5.41) is 13.8. The lowest BCUT2D eigenvalue weighted by atomic mass is 10.0. The fourth-order valence-corrected chi connectivity index (χ4v) is 3.23. The van der Waals surface area contributed by atoms with Crippen LogP contribution in [0.25, 0.3) is 10.8 Å². The minimum absolute atomic E-state index is 0.0618. The van der Waals surface area contributed by atoms with E-state index in [9.17, 15) is 19.1 Å². The van der Waals surface area contributed by atoms with E-state index < -0.39 is 17.3 Å². The molecular weight excluding hydrogens is 325 g/mol. The van der Waals surface area contributed by atoms with Gasteiger partial charge in [-0.3, -0.25) is 9.48 Å². The van der Waals surface area contributed by atoms with Crippen LogP contribution in [0.15, 0.2) is 23.0 Å². The number of aromatic carboxylic acids is 1. The highest BCUT2D eigenvalue weighted by Gasteiger charge is 2.22. The molecule has 0 atom stereocenters. The maximum absolute atomic E-state index is 14.3. The van der Waals surface area contributed by atoms with E-state index in [1.807, 2.05) is 13.8 Å². The summed E-state index contributed by atoms with van der Waals surface area (Å²) in [6, 6.07) is 4.03. The summed E-state index contributed by atoms with van der Waals surface area (Å²) in [6.07, 6.45) is 0. The maximum atomic E-state index is 14.3. The van der Waals surface area contributed by atoms with Crippen LogP contribution in [0.2, 0.25) is 0 Å². The van der Waals surface area contributed by atoms with Crippen molar-refractivity contribution in [1.82, 2.24) is 14.3 Å². The second-order valence-corrected chi connectivity index (χ2v) is 6.09. The van der Waals surface area contributed by atoms with Crippen LogP contribution in [0.3, 0.4) is 0 Å². The summed E-state index contributed by atoms with van der Waals surface area (Å²) < 4.78 is 17.3. The Morgan fingerprint density at radius 2 is 1.92 bits per heavy atom. The summed E-state index contributed by atoms with van der Waals surface area (Å²) >= 11 is 0. The minimum Gasteiger partial charge on any atom is -0.478 e. The lowest BCUT2D eigenvalue weighted by Gasteiger charge is -2.15. The number of hydrogen-bond donors (Lipinski definition) is 1. The van der Waals surface area contributed by atoms with E-state index in [1.165, 1.54) is 16.7 Å². The zero-order valence-electron chi connectivity index (χ0n) is 14.4. The Morgan fingerprint density at radius 1 is 1.24 bits per heavy atom. The van der Waals surface area contributed by atoms with Crippen LogP contribution in [-0.4, -0.2) is 25.4 Å². The lowest BCUT2D eigenvalue weighted by molar-refractivity contribution is 0.0697. The van der Waals surface area contributed by atoms with E-state index in [-0.39, 0.29) is 22.9 Å². The molecule has 0 saturated carbocycles. The van der Waals surface area contributed by atoms with Gasteiger partial charge in [0.1, 0.15) is 5.82 Å². The number of pyridine rings is 1. The van der Waals surface area contributed by atoms with Crippen molar-refractivity contribution in [3.05, 3.63) is 62.6 Å². The van der Waals surface area contributed by atoms with Crippen LogP contribution >= 0.6 is 0 Å². The first kappa shape index (κ1) is 16.9. The highest BCUT2D eigenvalue weighted by atomic mass is 19.1. The SMILES string of the molecule is Cc1nn(C)c(C)c1Cn1c(C)c(C(=O)O)c2cccc(F)c2c1=O. The Labute approximate surface area is 143 Å². The third kappa shape index (κ3) is 2.52. The summed E-state index contributed by atoms with van der Waals surface area (Å²) in [4.78, 5) is 24.6. The zero-order valence-corrected chi connectivity index (χ0v) is 14.4. The first-order valence-electron chi connectivity index (χ1n) is 7.78. The first-order valence-corrected chi connectivity index (χ1v) is 7.78. The number of nitrogens with zero attached hydrogens (tertiary/aromatic N) is 3. The number of aryl methyl sites for hydroxylation is 2. The summed E-state index contributed by atoms with van der Waals surface area (Å²) in [6.45, 7) is 5.40. The predicted molar refractivity (Wildman–Crippen MR) is 91.6 cm³/mol. The Bertz CT molecular complexity index is 1080. The van der Waals surface area contributed by atoms with Crippen molar-refractivity contribution < 1.29 is 14.3 Å². The average molecular weight is 343 g/mol. The lowest BCUT2D eigenvalue weighted by Crippen LogP contribution is -2.27. The van der Waals surface area contributed by atoms with Crippen molar-refractivity contribution in [2.24, 2.45) is 7.05 Å². The molecule has 0 aliphatic rings. The van der Waals surface area contributed by atoms with Crippen LogP contribution in [-0.2, 0) is 13.6 Å². The van der Waals surface area contributed by atoms with Gasteiger partial charge in [0.15, 0.2) is 0 Å². The van der Waals surface area contributed by atoms with Gasteiger partial charge in [-0.25, -0.2) is 9.18 Å². The van der Waals surface area contributed by atoms with Crippen molar-refractivity contribution in [2.75, 3.05) is 0 Å². The van der Waals surface area contributed by atoms with Crippen molar-refractivity contribution >= 4 is 16.7 Å². The number of carbonyl (C=O) groups is 1. The van der Waals surface area contributed by atoms with Gasteiger partial charge in [-0.15, -0.1) is 0 Å². The van der Waals surface area contributed by atoms with E-state index in [0.717, 1.165) is 23.0 Å². The fourth-order valence-electron chi connectivity index (χ4n) is 3.23. The monoisotopic (exact) mass is 343 g/mol. The third-order valence-corrected chi connectivity index (χ3v) is 4.70. The molecule has 0 amide bonds. The second kappa shape index (κ2) is 5.84. The molecule has 0 fully saturated rings. The number of carboxylic acid groups (broad SMARTS) is 1. The molecule has 25 heavy (non-hydrogen) atoms. The molecule has 2 aromatic heterocycles. The molecular formula is C18H18FN3O3. The molecule has 2 heterocycles. The molecule has 6 nitrogen and oxygen atoms in total. The Balaban J connectivity index is 2.38. The van der Waals surface area contributed by atoms with Gasteiger partial charge in [0.25, 0.3) is 5.56 Å². The van der Waals surface area contributed by atoms with Crippen molar-refractivity contribution in [3.63, 3.8) is 0 Å². The summed E-state index contributed by atoms with van der Waals surface area (Å²) in [7, 11) is 1.80. The normalized spacial score (nSPS) is 11.2. The standard InChI is InChI=1S/C18H18FN3O3/c1-9-13(10(2)21(4)20-9)8-22-11(3)15(18(24)25)12-6-5-7-14(19)16(12)17(22)23/h5-7H,8H2,1-4H3,(H,24,25). The number of fused-ring (bicyclic) bond motifs is 1. The number of carboxylic acids is 1. The molecule has 0 aliphatic carbocycles. The predicted octanol–water partition coefficient (Wildman–Crippen LogP) is 2.55. The van der Waals surface area contributed by atoms with E-state index in [0.29, 0.717) is 5.69 Å². The fraction of sp³-hybridized carbons (Fsp3) is 0.278. The molecule has 1 N–H and O–H groups in total. The molecule has 0 aliphatic heterocycles. The maximum Gasteiger partial charge on any atom is 0.338 e. The summed E-state index contributed by atoms with van der Waals surface area (Å²) in [5.41, 5.74) is 2.12. The van der Waals surface area contributed by atoms with Gasteiger partial charge in [-0.05, 0) is 26.8 Å². The van der Waals surface area contributed by atoms with E-state index in [4.69, 9.17) is 0 Å². The molecule has 0 radical (unpaired) electrons. The van der Waals surface area contributed by atoms with Crippen LogP contribution in [0.4, 0.5) is 4.39 Å². The van der Waals surface area contributed by atoms with Gasteiger partial charge in [0.2, 0.25) is 0 Å². The topological polar surface area (TPSA) is 77.1 Å². The number of rotatable bonds is 3. The Hall–Kier alpha value is -2.96. The minimum atomic E-state index is -1.19. The quantitative estimate of drug-likeness (QED) is 0.793. The molecule has 0 saturated heterocycles. The molecule has 1 aromatic carbocycles. The summed E-state index contributed by atoms with van der Waals surface area (Å²) in [5.74, 6) is -1.92. The van der Waals surface area contributed by atoms with Crippen LogP contribution in [0.1, 0.15) is 33.0 Å². The average Bonchev–Trinajstić information content (AvgIpc) is 2.76. The van der Waals surface area contributed by atoms with Gasteiger partial charge in [0.05, 0.1) is 23.2 Å². The molecule has 0 bridgehead atoms. The van der Waals surface area contributed by atoms with Crippen LogP contribution < -0.4 is 5.56 Å². The van der Waals surface area contributed by atoms with Crippen LogP contribution in [0, 0.1) is 26.6 Å². The zero-order chi connectivity index (χ0) is 18.5. The molecule has 0 spiro atoms. The van der Waals surface area contributed by atoms with Gasteiger partial charge in [-0.1, -0.05) is 12.1 Å². The smallest absolute Gasteiger partial charge is 0.338 e. The van der Waals surface area contributed by atoms with Gasteiger partial charge < -0.3 is 9.67 Å². The molecule has 0 unspecified atom stereocenters. The Kier molecular flexibility index (Phi) is 3.94. The van der Waals surface area contributed by atoms with Crippen molar-refractivity contribution in [2.45, 2.75) is 27.3 Å². The first-order chi connectivity index (χ1) is 11.7. The Morgan fingerprint density at radius 3 is 2.48 bits per heavy atom. The second-order valence-electron chi connectivity index (χ2n) is 6.09. The van der Waals surface area contributed by atoms with Crippen molar-refractivity contribution in [3.8, 4) is 0 Å². The highest BCUT2D eigenvalue weighted by molar-refractivity contribution is 6.04. The molecule has 3 aromatic rings. The largest absolute Gasteiger partial charge is 0.478 e.